The van der Waals surface area contributed by atoms with Crippen molar-refractivity contribution in [3.05, 3.63) is 35.9 Å². The maximum Gasteiger partial charge on any atom is 0.236 e. The summed E-state index contributed by atoms with van der Waals surface area (Å²) in [5.41, 5.74) is 0.203. The molecule has 3 nitrogen and oxygen atoms in total. The molecular formula is C14H17NO2. The topological polar surface area (TPSA) is 37.4 Å². The number of carbonyl (C=O) groups is 2. The number of hydrogen-bond acceptors (Lipinski definition) is 2. The Kier molecular flexibility index (Phi) is 2.77. The third-order valence-corrected chi connectivity index (χ3v) is 3.56. The Hall–Kier alpha value is -1.64. The van der Waals surface area contributed by atoms with Gasteiger partial charge in [0.15, 0.2) is 5.78 Å². The Morgan fingerprint density at radius 1 is 1.18 bits per heavy atom. The maximum absolute atomic E-state index is 12.2. The number of carbonyl (C=O) groups excluding carboxylic acids is 2. The van der Waals surface area contributed by atoms with Gasteiger partial charge in [0.25, 0.3) is 0 Å². The van der Waals surface area contributed by atoms with Gasteiger partial charge >= 0.3 is 0 Å². The quantitative estimate of drug-likeness (QED) is 0.732. The van der Waals surface area contributed by atoms with Crippen molar-refractivity contribution in [2.75, 3.05) is 6.54 Å². The molecule has 0 radical (unpaired) electrons. The third kappa shape index (κ3) is 1.86. The van der Waals surface area contributed by atoms with Gasteiger partial charge in [0.05, 0.1) is 12.6 Å². The van der Waals surface area contributed by atoms with Crippen LogP contribution in [-0.4, -0.2) is 23.1 Å². The highest BCUT2D eigenvalue weighted by molar-refractivity contribution is 6.12. The van der Waals surface area contributed by atoms with E-state index in [0.717, 1.165) is 5.56 Å². The molecule has 1 fully saturated rings. The lowest BCUT2D eigenvalue weighted by atomic mass is 9.91. The number of ketones is 1. The van der Waals surface area contributed by atoms with Gasteiger partial charge in [-0.3, -0.25) is 9.59 Å². The molecule has 1 amide bonds. The molecule has 0 saturated carbocycles. The van der Waals surface area contributed by atoms with Crippen LogP contribution in [0.1, 0.15) is 32.4 Å². The van der Waals surface area contributed by atoms with Crippen molar-refractivity contribution in [1.82, 2.24) is 4.90 Å². The van der Waals surface area contributed by atoms with Crippen LogP contribution in [0.5, 0.6) is 0 Å². The van der Waals surface area contributed by atoms with Crippen molar-refractivity contribution < 1.29 is 9.59 Å². The van der Waals surface area contributed by atoms with E-state index in [1.165, 1.54) is 0 Å². The molecule has 17 heavy (non-hydrogen) atoms. The molecule has 0 aromatic heterocycles. The van der Waals surface area contributed by atoms with E-state index < -0.39 is 5.41 Å². The first-order chi connectivity index (χ1) is 7.94. The van der Waals surface area contributed by atoms with Gasteiger partial charge in [-0.15, -0.1) is 0 Å². The third-order valence-electron chi connectivity index (χ3n) is 3.56. The molecular weight excluding hydrogens is 214 g/mol. The van der Waals surface area contributed by atoms with Crippen LogP contribution in [0.15, 0.2) is 30.3 Å². The maximum atomic E-state index is 12.2. The predicted molar refractivity (Wildman–Crippen MR) is 65.4 cm³/mol. The Bertz CT molecular complexity index is 451. The van der Waals surface area contributed by atoms with Gasteiger partial charge in [0.1, 0.15) is 5.41 Å². The van der Waals surface area contributed by atoms with E-state index in [-0.39, 0.29) is 24.3 Å². The highest BCUT2D eigenvalue weighted by Crippen LogP contribution is 2.33. The molecule has 1 aliphatic heterocycles. The second-order valence-corrected chi connectivity index (χ2v) is 5.07. The highest BCUT2D eigenvalue weighted by atomic mass is 16.2. The van der Waals surface area contributed by atoms with Crippen molar-refractivity contribution in [2.45, 2.75) is 26.8 Å². The fourth-order valence-corrected chi connectivity index (χ4v) is 2.13. The summed E-state index contributed by atoms with van der Waals surface area (Å²) in [6, 6.07) is 9.74. The smallest absolute Gasteiger partial charge is 0.236 e. The fraction of sp³-hybridized carbons (Fsp3) is 0.429. The first-order valence-electron chi connectivity index (χ1n) is 5.84. The predicted octanol–water partition coefficient (Wildman–Crippen LogP) is 2.19. The zero-order valence-corrected chi connectivity index (χ0v) is 10.4. The zero-order chi connectivity index (χ0) is 12.6. The zero-order valence-electron chi connectivity index (χ0n) is 10.4. The lowest BCUT2D eigenvalue weighted by Gasteiger charge is -2.25. The Balaban J connectivity index is 2.26. The van der Waals surface area contributed by atoms with Crippen LogP contribution in [0.2, 0.25) is 0 Å². The van der Waals surface area contributed by atoms with E-state index >= 15 is 0 Å². The summed E-state index contributed by atoms with van der Waals surface area (Å²) < 4.78 is 0. The summed E-state index contributed by atoms with van der Waals surface area (Å²) in [4.78, 5) is 25.6. The summed E-state index contributed by atoms with van der Waals surface area (Å²) in [6.07, 6.45) is 0. The van der Waals surface area contributed by atoms with E-state index in [9.17, 15) is 9.59 Å². The standard InChI is InChI=1S/C14H17NO2/c1-10(11-7-5-4-6-8-11)15-9-12(16)14(2,3)13(15)17/h4-8,10H,9H2,1-3H3. The van der Waals surface area contributed by atoms with E-state index in [0.29, 0.717) is 0 Å². The van der Waals surface area contributed by atoms with Crippen LogP contribution >= 0.6 is 0 Å². The van der Waals surface area contributed by atoms with E-state index in [2.05, 4.69) is 0 Å². The number of nitrogens with zero attached hydrogens (tertiary/aromatic N) is 1. The molecule has 1 aromatic rings. The molecule has 0 bridgehead atoms. The van der Waals surface area contributed by atoms with Crippen LogP contribution in [-0.2, 0) is 9.59 Å². The summed E-state index contributed by atoms with van der Waals surface area (Å²) in [7, 11) is 0. The average molecular weight is 231 g/mol. The molecule has 1 atom stereocenters. The molecule has 1 heterocycles. The summed E-state index contributed by atoms with van der Waals surface area (Å²) in [5, 5.41) is 0. The minimum absolute atomic E-state index is 0.00489. The number of amides is 1. The molecule has 1 aromatic carbocycles. The van der Waals surface area contributed by atoms with Crippen molar-refractivity contribution >= 4 is 11.7 Å². The lowest BCUT2D eigenvalue weighted by molar-refractivity contribution is -0.138. The lowest BCUT2D eigenvalue weighted by Crippen LogP contribution is -2.33. The Morgan fingerprint density at radius 3 is 2.24 bits per heavy atom. The average Bonchev–Trinajstić information content (AvgIpc) is 2.53. The number of hydrogen-bond donors (Lipinski definition) is 0. The normalized spacial score (nSPS) is 20.8. The number of benzene rings is 1. The Morgan fingerprint density at radius 2 is 1.76 bits per heavy atom. The summed E-state index contributed by atoms with van der Waals surface area (Å²) >= 11 is 0. The van der Waals surface area contributed by atoms with Gasteiger partial charge in [0.2, 0.25) is 5.91 Å². The Labute approximate surface area is 101 Å². The van der Waals surface area contributed by atoms with Crippen LogP contribution in [0.3, 0.4) is 0 Å². The van der Waals surface area contributed by atoms with Gasteiger partial charge in [-0.05, 0) is 26.3 Å². The monoisotopic (exact) mass is 231 g/mol. The highest BCUT2D eigenvalue weighted by Gasteiger charge is 2.47. The van der Waals surface area contributed by atoms with Crippen molar-refractivity contribution in [3.8, 4) is 0 Å². The molecule has 1 unspecified atom stereocenters. The van der Waals surface area contributed by atoms with Crippen LogP contribution in [0, 0.1) is 5.41 Å². The van der Waals surface area contributed by atoms with Gasteiger partial charge < -0.3 is 4.90 Å². The van der Waals surface area contributed by atoms with Crippen LogP contribution in [0.4, 0.5) is 0 Å². The van der Waals surface area contributed by atoms with Crippen molar-refractivity contribution in [2.24, 2.45) is 5.41 Å². The van der Waals surface area contributed by atoms with Crippen molar-refractivity contribution in [1.29, 1.82) is 0 Å². The minimum Gasteiger partial charge on any atom is -0.328 e. The number of Topliss-reactive ketones (excluding diaryl/α,β-unsaturated/α-hetero) is 1. The van der Waals surface area contributed by atoms with Gasteiger partial charge in [-0.25, -0.2) is 0 Å². The molecule has 0 N–H and O–H groups in total. The molecule has 90 valence electrons. The van der Waals surface area contributed by atoms with E-state index in [1.807, 2.05) is 37.3 Å². The second kappa shape index (κ2) is 3.99. The largest absolute Gasteiger partial charge is 0.328 e. The second-order valence-electron chi connectivity index (χ2n) is 5.07. The SMILES string of the molecule is CC(c1ccccc1)N1CC(=O)C(C)(C)C1=O. The molecule has 0 spiro atoms. The fourth-order valence-electron chi connectivity index (χ4n) is 2.13. The molecule has 3 heteroatoms. The van der Waals surface area contributed by atoms with Gasteiger partial charge in [-0.1, -0.05) is 30.3 Å². The first-order valence-corrected chi connectivity index (χ1v) is 5.84. The van der Waals surface area contributed by atoms with Crippen LogP contribution in [0.25, 0.3) is 0 Å². The van der Waals surface area contributed by atoms with Gasteiger partial charge in [0, 0.05) is 0 Å². The molecule has 1 aliphatic rings. The summed E-state index contributed by atoms with van der Waals surface area (Å²) in [6.45, 7) is 5.59. The molecule has 2 rings (SSSR count). The molecule has 0 aliphatic carbocycles. The minimum atomic E-state index is -0.858. The number of rotatable bonds is 2. The summed E-state index contributed by atoms with van der Waals surface area (Å²) in [5.74, 6) is -0.0656. The van der Waals surface area contributed by atoms with E-state index in [4.69, 9.17) is 0 Å². The van der Waals surface area contributed by atoms with Crippen LogP contribution < -0.4 is 0 Å². The number of likely N-dealkylation sites (tertiary alicyclic amines) is 1. The van der Waals surface area contributed by atoms with Gasteiger partial charge in [-0.2, -0.15) is 0 Å². The van der Waals surface area contributed by atoms with E-state index in [1.54, 1.807) is 18.7 Å². The molecule has 1 saturated heterocycles. The van der Waals surface area contributed by atoms with Crippen molar-refractivity contribution in [3.63, 3.8) is 0 Å². The first kappa shape index (κ1) is 11.8.